The predicted molar refractivity (Wildman–Crippen MR) is 106 cm³/mol. The van der Waals surface area contributed by atoms with Crippen LogP contribution in [0, 0.1) is 12.8 Å². The first-order valence-electron chi connectivity index (χ1n) is 9.19. The van der Waals surface area contributed by atoms with Crippen molar-refractivity contribution in [2.75, 3.05) is 6.61 Å². The quantitative estimate of drug-likeness (QED) is 0.688. The van der Waals surface area contributed by atoms with Gasteiger partial charge < -0.3 is 14.6 Å². The first-order chi connectivity index (χ1) is 13.7. The van der Waals surface area contributed by atoms with Crippen molar-refractivity contribution in [3.8, 4) is 0 Å². The number of rotatable bonds is 7. The highest BCUT2D eigenvalue weighted by Crippen LogP contribution is 2.10. The number of aryl methyl sites for hydroxylation is 2. The zero-order valence-electron chi connectivity index (χ0n) is 16.9. The molecule has 0 unspecified atom stereocenters. The topological polar surface area (TPSA) is 106 Å². The van der Waals surface area contributed by atoms with Crippen molar-refractivity contribution in [3.05, 3.63) is 59.4 Å². The van der Waals surface area contributed by atoms with Crippen molar-refractivity contribution in [2.45, 2.75) is 26.8 Å². The number of aromatic nitrogens is 1. The minimum atomic E-state index is -0.932. The number of nitrogens with zero attached hydrogens (tertiary/aromatic N) is 1. The summed E-state index contributed by atoms with van der Waals surface area (Å²) in [6, 6.07) is 9.31. The average molecular weight is 399 g/mol. The molecule has 0 fully saturated rings. The number of amides is 3. The number of nitrogens with one attached hydrogen (secondary N) is 2. The molecule has 2 N–H and O–H groups in total. The molecule has 154 valence electrons. The summed E-state index contributed by atoms with van der Waals surface area (Å²) in [7, 11) is 1.67. The fraction of sp³-hybridized carbons (Fsp3) is 0.333. The molecule has 8 nitrogen and oxygen atoms in total. The maximum absolute atomic E-state index is 12.5. The fourth-order valence-electron chi connectivity index (χ4n) is 2.69. The summed E-state index contributed by atoms with van der Waals surface area (Å²) in [6.07, 6.45) is 1.67. The lowest BCUT2D eigenvalue weighted by Gasteiger charge is -2.21. The van der Waals surface area contributed by atoms with Crippen LogP contribution >= 0.6 is 0 Å². The second kappa shape index (κ2) is 9.68. The fourth-order valence-corrected chi connectivity index (χ4v) is 2.69. The maximum Gasteiger partial charge on any atom is 0.329 e. The van der Waals surface area contributed by atoms with Crippen LogP contribution in [0.25, 0.3) is 0 Å². The molecule has 0 saturated heterocycles. The molecular weight excluding hydrogens is 374 g/mol. The van der Waals surface area contributed by atoms with Gasteiger partial charge in [0, 0.05) is 18.8 Å². The van der Waals surface area contributed by atoms with Gasteiger partial charge in [0.15, 0.2) is 6.61 Å². The lowest BCUT2D eigenvalue weighted by molar-refractivity contribution is -0.151. The number of carbonyl (C=O) groups excluding carboxylic acids is 4. The molecule has 0 bridgehead atoms. The summed E-state index contributed by atoms with van der Waals surface area (Å²) in [4.78, 5) is 48.8. The van der Waals surface area contributed by atoms with Crippen LogP contribution in [-0.2, 0) is 21.4 Å². The molecule has 0 radical (unpaired) electrons. The van der Waals surface area contributed by atoms with Gasteiger partial charge in [-0.2, -0.15) is 0 Å². The van der Waals surface area contributed by atoms with Crippen molar-refractivity contribution in [1.82, 2.24) is 15.2 Å². The number of carbonyl (C=O) groups is 4. The van der Waals surface area contributed by atoms with E-state index in [1.165, 1.54) is 0 Å². The number of esters is 1. The normalized spacial score (nSPS) is 11.6. The van der Waals surface area contributed by atoms with Gasteiger partial charge in [0.05, 0.1) is 0 Å². The Morgan fingerprint density at radius 1 is 1.03 bits per heavy atom. The van der Waals surface area contributed by atoms with Gasteiger partial charge in [0.2, 0.25) is 0 Å². The Morgan fingerprint density at radius 2 is 1.72 bits per heavy atom. The van der Waals surface area contributed by atoms with Gasteiger partial charge in [-0.25, -0.2) is 4.79 Å². The number of ether oxygens (including phenoxy) is 1. The molecule has 0 aliphatic rings. The molecule has 0 saturated carbocycles. The van der Waals surface area contributed by atoms with E-state index in [0.717, 1.165) is 5.56 Å². The molecule has 1 aromatic carbocycles. The Balaban J connectivity index is 1.93. The number of imide groups is 1. The molecule has 8 heteroatoms. The van der Waals surface area contributed by atoms with Crippen molar-refractivity contribution in [3.63, 3.8) is 0 Å². The highest BCUT2D eigenvalue weighted by molar-refractivity contribution is 6.04. The van der Waals surface area contributed by atoms with E-state index < -0.39 is 36.3 Å². The molecule has 0 aliphatic carbocycles. The Kier molecular flexibility index (Phi) is 7.30. The monoisotopic (exact) mass is 399 g/mol. The van der Waals surface area contributed by atoms with Crippen molar-refractivity contribution in [2.24, 2.45) is 13.0 Å². The molecule has 2 aromatic rings. The number of benzene rings is 1. The number of hydrogen-bond donors (Lipinski definition) is 2. The van der Waals surface area contributed by atoms with Crippen LogP contribution in [-0.4, -0.2) is 40.9 Å². The van der Waals surface area contributed by atoms with Crippen LogP contribution in [0.1, 0.15) is 40.3 Å². The largest absolute Gasteiger partial charge is 0.454 e. The third kappa shape index (κ3) is 5.78. The molecule has 3 amide bonds. The molecule has 0 spiro atoms. The first kappa shape index (κ1) is 21.9. The summed E-state index contributed by atoms with van der Waals surface area (Å²) in [6.45, 7) is 4.68. The Hall–Kier alpha value is -3.42. The Bertz CT molecular complexity index is 917. The molecule has 29 heavy (non-hydrogen) atoms. The molecule has 1 heterocycles. The van der Waals surface area contributed by atoms with Crippen LogP contribution in [0.5, 0.6) is 0 Å². The van der Waals surface area contributed by atoms with Crippen LogP contribution < -0.4 is 10.6 Å². The second-order valence-electron chi connectivity index (χ2n) is 7.00. The summed E-state index contributed by atoms with van der Waals surface area (Å²) >= 11 is 0. The lowest BCUT2D eigenvalue weighted by atomic mass is 10.0. The maximum atomic E-state index is 12.5. The zero-order chi connectivity index (χ0) is 21.6. The van der Waals surface area contributed by atoms with Crippen LogP contribution in [0.4, 0.5) is 0 Å². The molecule has 1 aromatic heterocycles. The van der Waals surface area contributed by atoms with E-state index in [1.54, 1.807) is 68.9 Å². The van der Waals surface area contributed by atoms with E-state index in [1.807, 2.05) is 6.07 Å². The molecule has 2 rings (SSSR count). The Labute approximate surface area is 169 Å². The van der Waals surface area contributed by atoms with Crippen LogP contribution in [0.2, 0.25) is 0 Å². The van der Waals surface area contributed by atoms with Gasteiger partial charge >= 0.3 is 5.97 Å². The smallest absolute Gasteiger partial charge is 0.329 e. The summed E-state index contributed by atoms with van der Waals surface area (Å²) < 4.78 is 6.58. The van der Waals surface area contributed by atoms with Gasteiger partial charge in [-0.3, -0.25) is 19.7 Å². The molecular formula is C21H25N3O5. The highest BCUT2D eigenvalue weighted by Gasteiger charge is 2.27. The minimum absolute atomic E-state index is 0.261. The lowest BCUT2D eigenvalue weighted by Crippen LogP contribution is -2.46. The van der Waals surface area contributed by atoms with Crippen molar-refractivity contribution < 1.29 is 23.9 Å². The summed E-state index contributed by atoms with van der Waals surface area (Å²) in [5.41, 5.74) is 1.53. The van der Waals surface area contributed by atoms with E-state index in [2.05, 4.69) is 10.6 Å². The molecule has 0 aliphatic heterocycles. The second-order valence-corrected chi connectivity index (χ2v) is 7.00. The third-order valence-corrected chi connectivity index (χ3v) is 4.37. The Morgan fingerprint density at radius 3 is 2.31 bits per heavy atom. The first-order valence-corrected chi connectivity index (χ1v) is 9.19. The highest BCUT2D eigenvalue weighted by atomic mass is 16.5. The zero-order valence-corrected chi connectivity index (χ0v) is 16.9. The average Bonchev–Trinajstić information content (AvgIpc) is 3.10. The van der Waals surface area contributed by atoms with E-state index >= 15 is 0 Å². The van der Waals surface area contributed by atoms with Crippen molar-refractivity contribution >= 4 is 23.7 Å². The van der Waals surface area contributed by atoms with Crippen molar-refractivity contribution in [1.29, 1.82) is 0 Å². The van der Waals surface area contributed by atoms with E-state index in [4.69, 9.17) is 4.74 Å². The van der Waals surface area contributed by atoms with E-state index in [0.29, 0.717) is 11.3 Å². The van der Waals surface area contributed by atoms with Gasteiger partial charge in [0.1, 0.15) is 11.7 Å². The third-order valence-electron chi connectivity index (χ3n) is 4.37. The van der Waals surface area contributed by atoms with Gasteiger partial charge in [0.25, 0.3) is 17.7 Å². The SMILES string of the molecule is Cc1ccccc1C(=O)N[C@H](C(=O)OCC(=O)NC(=O)c1cccn1C)C(C)C. The number of hydrogen-bond acceptors (Lipinski definition) is 5. The molecule has 1 atom stereocenters. The minimum Gasteiger partial charge on any atom is -0.454 e. The van der Waals surface area contributed by atoms with Gasteiger partial charge in [-0.1, -0.05) is 32.0 Å². The van der Waals surface area contributed by atoms with Gasteiger partial charge in [-0.05, 0) is 36.6 Å². The van der Waals surface area contributed by atoms with E-state index in [-0.39, 0.29) is 5.92 Å². The van der Waals surface area contributed by atoms with Gasteiger partial charge in [-0.15, -0.1) is 0 Å². The summed E-state index contributed by atoms with van der Waals surface area (Å²) in [5, 5.41) is 4.81. The van der Waals surface area contributed by atoms with Crippen LogP contribution in [0.3, 0.4) is 0 Å². The summed E-state index contributed by atoms with van der Waals surface area (Å²) in [5.74, 6) is -2.75. The standard InChI is InChI=1S/C21H25N3O5/c1-13(2)18(23-19(26)15-9-6-5-8-14(15)3)21(28)29-12-17(25)22-20(27)16-10-7-11-24(16)4/h5-11,13,18H,12H2,1-4H3,(H,23,26)(H,22,25,27)/t18-/m0/s1. The van der Waals surface area contributed by atoms with Crippen LogP contribution in [0.15, 0.2) is 42.6 Å². The predicted octanol–water partition coefficient (Wildman–Crippen LogP) is 1.59. The van der Waals surface area contributed by atoms with E-state index in [9.17, 15) is 19.2 Å².